The summed E-state index contributed by atoms with van der Waals surface area (Å²) < 4.78 is 7.39. The molecule has 2 aromatic heterocycles. The second kappa shape index (κ2) is 7.25. The molecule has 0 bridgehead atoms. The van der Waals surface area contributed by atoms with E-state index in [1.165, 1.54) is 0 Å². The summed E-state index contributed by atoms with van der Waals surface area (Å²) in [5, 5.41) is 7.99. The van der Waals surface area contributed by atoms with E-state index in [2.05, 4.69) is 34.4 Å². The highest BCUT2D eigenvalue weighted by molar-refractivity contribution is 7.07. The molecular formula is C21H20N4OS. The zero-order valence-corrected chi connectivity index (χ0v) is 16.2. The Morgan fingerprint density at radius 1 is 1.11 bits per heavy atom. The predicted molar refractivity (Wildman–Crippen MR) is 112 cm³/mol. The van der Waals surface area contributed by atoms with Crippen molar-refractivity contribution in [1.82, 2.24) is 9.66 Å². The molecule has 136 valence electrons. The number of H-pyrrole nitrogens is 1. The minimum Gasteiger partial charge on any atom is -0.496 e. The van der Waals surface area contributed by atoms with E-state index >= 15 is 0 Å². The SMILES string of the molecule is CN=c1scc(-c2ccccc2OC)n1N=Cc1c(C)[nH]c2ccccc12. The molecule has 4 aromatic rings. The van der Waals surface area contributed by atoms with Crippen molar-refractivity contribution in [2.75, 3.05) is 14.2 Å². The van der Waals surface area contributed by atoms with Crippen LogP contribution in [0.25, 0.3) is 22.2 Å². The van der Waals surface area contributed by atoms with E-state index in [4.69, 9.17) is 9.84 Å². The summed E-state index contributed by atoms with van der Waals surface area (Å²) >= 11 is 1.55. The van der Waals surface area contributed by atoms with E-state index in [1.54, 1.807) is 25.5 Å². The van der Waals surface area contributed by atoms with E-state index in [9.17, 15) is 0 Å². The van der Waals surface area contributed by atoms with Gasteiger partial charge in [0.2, 0.25) is 4.80 Å². The van der Waals surface area contributed by atoms with Crippen molar-refractivity contribution < 1.29 is 4.74 Å². The van der Waals surface area contributed by atoms with Gasteiger partial charge in [-0.15, -0.1) is 11.3 Å². The predicted octanol–water partition coefficient (Wildman–Crippen LogP) is 4.43. The van der Waals surface area contributed by atoms with Gasteiger partial charge >= 0.3 is 0 Å². The van der Waals surface area contributed by atoms with Crippen LogP contribution in [0.3, 0.4) is 0 Å². The summed E-state index contributed by atoms with van der Waals surface area (Å²) in [6, 6.07) is 16.2. The van der Waals surface area contributed by atoms with Gasteiger partial charge < -0.3 is 9.72 Å². The summed E-state index contributed by atoms with van der Waals surface area (Å²) in [5.74, 6) is 0.810. The van der Waals surface area contributed by atoms with E-state index < -0.39 is 0 Å². The second-order valence-corrected chi connectivity index (χ2v) is 6.93. The highest BCUT2D eigenvalue weighted by atomic mass is 32.1. The molecule has 0 fully saturated rings. The Kier molecular flexibility index (Phi) is 4.64. The van der Waals surface area contributed by atoms with Crippen LogP contribution in [-0.4, -0.2) is 30.0 Å². The molecule has 4 rings (SSSR count). The number of ether oxygens (including phenoxy) is 1. The molecule has 0 saturated carbocycles. The van der Waals surface area contributed by atoms with Crippen LogP contribution in [-0.2, 0) is 0 Å². The summed E-state index contributed by atoms with van der Waals surface area (Å²) in [5.41, 5.74) is 5.21. The van der Waals surface area contributed by atoms with Crippen molar-refractivity contribution in [2.45, 2.75) is 6.92 Å². The Hall–Kier alpha value is -3.12. The summed E-state index contributed by atoms with van der Waals surface area (Å²) in [4.78, 5) is 8.61. The van der Waals surface area contributed by atoms with Gasteiger partial charge in [-0.25, -0.2) is 4.68 Å². The minimum absolute atomic E-state index is 0.810. The fourth-order valence-corrected chi connectivity index (χ4v) is 3.98. The molecule has 0 amide bonds. The molecule has 0 radical (unpaired) electrons. The van der Waals surface area contributed by atoms with Crippen molar-refractivity contribution in [2.24, 2.45) is 10.1 Å². The monoisotopic (exact) mass is 376 g/mol. The molecule has 27 heavy (non-hydrogen) atoms. The first-order valence-corrected chi connectivity index (χ1v) is 9.49. The topological polar surface area (TPSA) is 54.7 Å². The molecule has 0 spiro atoms. The zero-order valence-electron chi connectivity index (χ0n) is 15.4. The highest BCUT2D eigenvalue weighted by Gasteiger charge is 2.12. The summed E-state index contributed by atoms with van der Waals surface area (Å²) in [7, 11) is 3.46. The standard InChI is InChI=1S/C21H20N4OS/c1-14-17(15-8-4-6-10-18(15)24-14)12-23-25-19(13-27-21(25)22-2)16-9-5-7-11-20(16)26-3/h4-13,24H,1-3H3. The second-order valence-electron chi connectivity index (χ2n) is 6.09. The Balaban J connectivity index is 1.86. The molecule has 2 aromatic carbocycles. The Morgan fingerprint density at radius 3 is 2.70 bits per heavy atom. The molecular weight excluding hydrogens is 356 g/mol. The average Bonchev–Trinajstić information content (AvgIpc) is 3.25. The molecule has 0 aliphatic carbocycles. The molecule has 2 heterocycles. The minimum atomic E-state index is 0.810. The molecule has 1 N–H and O–H groups in total. The third-order valence-corrected chi connectivity index (χ3v) is 5.41. The van der Waals surface area contributed by atoms with Gasteiger partial charge in [0.1, 0.15) is 5.75 Å². The first kappa shape index (κ1) is 17.3. The maximum Gasteiger partial charge on any atom is 0.205 e. The number of methoxy groups -OCH3 is 1. The molecule has 5 nitrogen and oxygen atoms in total. The summed E-state index contributed by atoms with van der Waals surface area (Å²) in [6.45, 7) is 2.06. The number of nitrogens with one attached hydrogen (secondary N) is 1. The lowest BCUT2D eigenvalue weighted by atomic mass is 10.1. The van der Waals surface area contributed by atoms with Crippen LogP contribution in [0.4, 0.5) is 0 Å². The third-order valence-electron chi connectivity index (χ3n) is 4.51. The van der Waals surface area contributed by atoms with Gasteiger partial charge in [0.05, 0.1) is 19.0 Å². The van der Waals surface area contributed by atoms with Gasteiger partial charge in [0.25, 0.3) is 0 Å². The lowest BCUT2D eigenvalue weighted by Crippen LogP contribution is -2.11. The van der Waals surface area contributed by atoms with Crippen LogP contribution >= 0.6 is 11.3 Å². The number of para-hydroxylation sites is 2. The lowest BCUT2D eigenvalue weighted by Gasteiger charge is -2.08. The number of benzene rings is 2. The van der Waals surface area contributed by atoms with E-state index in [1.807, 2.05) is 47.3 Å². The first-order chi connectivity index (χ1) is 13.2. The van der Waals surface area contributed by atoms with E-state index in [0.29, 0.717) is 0 Å². The Bertz CT molecular complexity index is 1200. The number of hydrogen-bond acceptors (Lipinski definition) is 4. The van der Waals surface area contributed by atoms with Crippen molar-refractivity contribution >= 4 is 28.5 Å². The number of hydrogen-bond donors (Lipinski definition) is 1. The fourth-order valence-electron chi connectivity index (χ4n) is 3.18. The first-order valence-electron chi connectivity index (χ1n) is 8.61. The molecule has 6 heteroatoms. The normalized spacial score (nSPS) is 12.3. The maximum atomic E-state index is 5.53. The third kappa shape index (κ3) is 3.08. The van der Waals surface area contributed by atoms with Gasteiger partial charge in [0, 0.05) is 40.2 Å². The van der Waals surface area contributed by atoms with Crippen molar-refractivity contribution in [3.63, 3.8) is 0 Å². The molecule has 0 atom stereocenters. The molecule has 0 saturated heterocycles. The van der Waals surface area contributed by atoms with Crippen molar-refractivity contribution in [3.8, 4) is 17.0 Å². The lowest BCUT2D eigenvalue weighted by molar-refractivity contribution is 0.416. The number of nitrogens with zero attached hydrogens (tertiary/aromatic N) is 3. The smallest absolute Gasteiger partial charge is 0.205 e. The number of aromatic nitrogens is 2. The van der Waals surface area contributed by atoms with Crippen LogP contribution in [0.15, 0.2) is 64.0 Å². The summed E-state index contributed by atoms with van der Waals surface area (Å²) in [6.07, 6.45) is 1.90. The van der Waals surface area contributed by atoms with Crippen LogP contribution in [0, 0.1) is 6.92 Å². The van der Waals surface area contributed by atoms with Gasteiger partial charge in [-0.1, -0.05) is 30.3 Å². The number of rotatable bonds is 4. The van der Waals surface area contributed by atoms with Crippen LogP contribution in [0.5, 0.6) is 5.75 Å². The largest absolute Gasteiger partial charge is 0.496 e. The quantitative estimate of drug-likeness (QED) is 0.527. The number of thiazole rings is 1. The van der Waals surface area contributed by atoms with Crippen LogP contribution in [0.1, 0.15) is 11.3 Å². The van der Waals surface area contributed by atoms with Gasteiger partial charge in [0.15, 0.2) is 0 Å². The van der Waals surface area contributed by atoms with Crippen LogP contribution in [0.2, 0.25) is 0 Å². The zero-order chi connectivity index (χ0) is 18.8. The maximum absolute atomic E-state index is 5.53. The fraction of sp³-hybridized carbons (Fsp3) is 0.143. The highest BCUT2D eigenvalue weighted by Crippen LogP contribution is 2.30. The number of aryl methyl sites for hydroxylation is 1. The number of aromatic amines is 1. The molecule has 0 aliphatic heterocycles. The van der Waals surface area contributed by atoms with E-state index in [-0.39, 0.29) is 0 Å². The van der Waals surface area contributed by atoms with Gasteiger partial charge in [-0.05, 0) is 25.1 Å². The molecule has 0 unspecified atom stereocenters. The Morgan fingerprint density at radius 2 is 1.89 bits per heavy atom. The van der Waals surface area contributed by atoms with Crippen LogP contribution < -0.4 is 9.54 Å². The number of fused-ring (bicyclic) bond motifs is 1. The Labute approximate surface area is 161 Å². The molecule has 0 aliphatic rings. The van der Waals surface area contributed by atoms with Crippen molar-refractivity contribution in [3.05, 3.63) is 70.0 Å². The average molecular weight is 376 g/mol. The van der Waals surface area contributed by atoms with Gasteiger partial charge in [-0.2, -0.15) is 5.10 Å². The van der Waals surface area contributed by atoms with Gasteiger partial charge in [-0.3, -0.25) is 4.99 Å². The van der Waals surface area contributed by atoms with E-state index in [0.717, 1.165) is 44.0 Å². The van der Waals surface area contributed by atoms with Crippen molar-refractivity contribution in [1.29, 1.82) is 0 Å².